The first kappa shape index (κ1) is 13.6. The van der Waals surface area contributed by atoms with Gasteiger partial charge in [-0.3, -0.25) is 4.79 Å². The molecule has 1 aliphatic rings. The van der Waals surface area contributed by atoms with Crippen molar-refractivity contribution in [3.63, 3.8) is 0 Å². The van der Waals surface area contributed by atoms with Gasteiger partial charge >= 0.3 is 0 Å². The second-order valence-electron chi connectivity index (χ2n) is 4.25. The van der Waals surface area contributed by atoms with Crippen molar-refractivity contribution in [2.75, 3.05) is 6.54 Å². The molecule has 1 N–H and O–H groups in total. The molecule has 0 atom stereocenters. The number of pyridine rings is 1. The lowest BCUT2D eigenvalue weighted by Crippen LogP contribution is -2.25. The molecule has 2 rings (SSSR count). The molecule has 0 saturated carbocycles. The molecule has 1 amide bonds. The number of hydrogen-bond acceptors (Lipinski definition) is 2. The summed E-state index contributed by atoms with van der Waals surface area (Å²) < 4.78 is 0.746. The topological polar surface area (TPSA) is 42.0 Å². The highest BCUT2D eigenvalue weighted by atomic mass is 79.9. The molecule has 0 radical (unpaired) electrons. The van der Waals surface area contributed by atoms with Crippen molar-refractivity contribution in [3.05, 3.63) is 39.1 Å². The first-order valence-corrected chi connectivity index (χ1v) is 7.11. The van der Waals surface area contributed by atoms with Crippen LogP contribution in [0.15, 0.2) is 28.4 Å². The number of hydrogen-bond donors (Lipinski definition) is 1. The zero-order valence-corrected chi connectivity index (χ0v) is 12.2. The summed E-state index contributed by atoms with van der Waals surface area (Å²) >= 11 is 9.17. The zero-order chi connectivity index (χ0) is 13.0. The van der Waals surface area contributed by atoms with Crippen LogP contribution in [0.3, 0.4) is 0 Å². The molecular formula is C13H14BrClN2O. The third-order valence-electron chi connectivity index (χ3n) is 2.92. The van der Waals surface area contributed by atoms with Gasteiger partial charge < -0.3 is 5.32 Å². The Kier molecular flexibility index (Phi) is 4.78. The molecule has 0 unspecified atom stereocenters. The number of amides is 1. The number of halogens is 2. The van der Waals surface area contributed by atoms with Crippen LogP contribution in [0.4, 0.5) is 0 Å². The van der Waals surface area contributed by atoms with Crippen molar-refractivity contribution in [1.82, 2.24) is 10.3 Å². The summed E-state index contributed by atoms with van der Waals surface area (Å²) in [6.07, 6.45) is 8.33. The van der Waals surface area contributed by atoms with Gasteiger partial charge in [-0.1, -0.05) is 23.3 Å². The van der Waals surface area contributed by atoms with E-state index in [-0.39, 0.29) is 11.1 Å². The summed E-state index contributed by atoms with van der Waals surface area (Å²) in [5.41, 5.74) is 1.85. The lowest BCUT2D eigenvalue weighted by atomic mass is 10.1. The van der Waals surface area contributed by atoms with Crippen LogP contribution in [0, 0.1) is 0 Å². The van der Waals surface area contributed by atoms with Gasteiger partial charge in [0.15, 0.2) is 0 Å². The Morgan fingerprint density at radius 3 is 3.11 bits per heavy atom. The zero-order valence-electron chi connectivity index (χ0n) is 9.88. The number of carbonyl (C=O) groups is 1. The molecule has 0 bridgehead atoms. The molecule has 3 nitrogen and oxygen atoms in total. The van der Waals surface area contributed by atoms with Crippen LogP contribution in [0.25, 0.3) is 0 Å². The highest BCUT2D eigenvalue weighted by Crippen LogP contribution is 2.20. The van der Waals surface area contributed by atoms with Crippen LogP contribution >= 0.6 is 27.5 Å². The van der Waals surface area contributed by atoms with Crippen molar-refractivity contribution in [3.8, 4) is 0 Å². The molecule has 0 saturated heterocycles. The van der Waals surface area contributed by atoms with Gasteiger partial charge in [-0.2, -0.15) is 0 Å². The summed E-state index contributed by atoms with van der Waals surface area (Å²) in [7, 11) is 0. The van der Waals surface area contributed by atoms with E-state index in [0.717, 1.165) is 17.3 Å². The standard InChI is InChI=1S/C13H14BrClN2O/c14-10-7-11(12(15)17-8-10)13(18)16-6-5-9-3-1-2-4-9/h3,7-8H,1-2,4-6H2,(H,16,18). The molecule has 1 heterocycles. The molecule has 18 heavy (non-hydrogen) atoms. The van der Waals surface area contributed by atoms with Gasteiger partial charge in [0.05, 0.1) is 5.56 Å². The van der Waals surface area contributed by atoms with E-state index in [1.54, 1.807) is 12.3 Å². The molecule has 1 aromatic heterocycles. The Balaban J connectivity index is 1.89. The maximum atomic E-state index is 11.9. The summed E-state index contributed by atoms with van der Waals surface area (Å²) in [5.74, 6) is -0.174. The van der Waals surface area contributed by atoms with E-state index in [4.69, 9.17) is 11.6 Å². The fourth-order valence-corrected chi connectivity index (χ4v) is 2.50. The van der Waals surface area contributed by atoms with E-state index in [0.29, 0.717) is 12.1 Å². The SMILES string of the molecule is O=C(NCCC1=CCCC1)c1cc(Br)cnc1Cl. The van der Waals surface area contributed by atoms with E-state index in [1.165, 1.54) is 18.4 Å². The van der Waals surface area contributed by atoms with Crippen LogP contribution in [-0.4, -0.2) is 17.4 Å². The van der Waals surface area contributed by atoms with E-state index in [9.17, 15) is 4.79 Å². The van der Waals surface area contributed by atoms with Crippen molar-refractivity contribution < 1.29 is 4.79 Å². The van der Waals surface area contributed by atoms with Crippen molar-refractivity contribution in [2.24, 2.45) is 0 Å². The van der Waals surface area contributed by atoms with Gasteiger partial charge in [-0.15, -0.1) is 0 Å². The normalized spacial score (nSPS) is 14.4. The minimum absolute atomic E-state index is 0.174. The third kappa shape index (κ3) is 3.56. The third-order valence-corrected chi connectivity index (χ3v) is 3.65. The molecule has 0 spiro atoms. The van der Waals surface area contributed by atoms with Gasteiger partial charge in [0, 0.05) is 17.2 Å². The molecule has 0 aliphatic heterocycles. The summed E-state index contributed by atoms with van der Waals surface area (Å²) in [4.78, 5) is 15.8. The Morgan fingerprint density at radius 2 is 2.39 bits per heavy atom. The van der Waals surface area contributed by atoms with E-state index >= 15 is 0 Å². The largest absolute Gasteiger partial charge is 0.352 e. The summed E-state index contributed by atoms with van der Waals surface area (Å²) in [6.45, 7) is 0.646. The molecule has 1 aromatic rings. The molecule has 1 aliphatic carbocycles. The molecular weight excluding hydrogens is 316 g/mol. The van der Waals surface area contributed by atoms with Gasteiger partial charge in [0.2, 0.25) is 0 Å². The van der Waals surface area contributed by atoms with E-state index in [1.807, 2.05) is 0 Å². The molecule has 96 valence electrons. The Bertz CT molecular complexity index is 488. The monoisotopic (exact) mass is 328 g/mol. The van der Waals surface area contributed by atoms with Gasteiger partial charge in [-0.05, 0) is 47.7 Å². The highest BCUT2D eigenvalue weighted by Gasteiger charge is 2.12. The second-order valence-corrected chi connectivity index (χ2v) is 5.53. The molecule has 0 fully saturated rings. The summed E-state index contributed by atoms with van der Waals surface area (Å²) in [6, 6.07) is 1.68. The second kappa shape index (κ2) is 6.34. The number of aromatic nitrogens is 1. The number of nitrogens with one attached hydrogen (secondary N) is 1. The quantitative estimate of drug-likeness (QED) is 0.675. The average Bonchev–Trinajstić information content (AvgIpc) is 2.85. The van der Waals surface area contributed by atoms with Crippen molar-refractivity contribution in [2.45, 2.75) is 25.7 Å². The van der Waals surface area contributed by atoms with E-state index < -0.39 is 0 Å². The first-order chi connectivity index (χ1) is 8.66. The van der Waals surface area contributed by atoms with Crippen LogP contribution < -0.4 is 5.32 Å². The van der Waals surface area contributed by atoms with Crippen LogP contribution in [0.5, 0.6) is 0 Å². The van der Waals surface area contributed by atoms with Crippen molar-refractivity contribution >= 4 is 33.4 Å². The number of allylic oxidation sites excluding steroid dienone is 1. The van der Waals surface area contributed by atoms with Crippen LogP contribution in [0.2, 0.25) is 5.15 Å². The smallest absolute Gasteiger partial charge is 0.254 e. The van der Waals surface area contributed by atoms with E-state index in [2.05, 4.69) is 32.3 Å². The number of nitrogens with zero attached hydrogens (tertiary/aromatic N) is 1. The molecule has 0 aromatic carbocycles. The Labute approximate surface area is 120 Å². The predicted molar refractivity (Wildman–Crippen MR) is 75.8 cm³/mol. The van der Waals surface area contributed by atoms with Crippen LogP contribution in [0.1, 0.15) is 36.0 Å². The first-order valence-electron chi connectivity index (χ1n) is 5.94. The van der Waals surface area contributed by atoms with Gasteiger partial charge in [0.1, 0.15) is 5.15 Å². The molecule has 5 heteroatoms. The fraction of sp³-hybridized carbons (Fsp3) is 0.385. The number of carbonyl (C=O) groups excluding carboxylic acids is 1. The Hall–Kier alpha value is -0.870. The lowest BCUT2D eigenvalue weighted by Gasteiger charge is -2.07. The fourth-order valence-electron chi connectivity index (χ4n) is 1.98. The van der Waals surface area contributed by atoms with Crippen LogP contribution in [-0.2, 0) is 0 Å². The lowest BCUT2D eigenvalue weighted by molar-refractivity contribution is 0.0954. The summed E-state index contributed by atoms with van der Waals surface area (Å²) in [5, 5.41) is 3.10. The Morgan fingerprint density at radius 1 is 1.56 bits per heavy atom. The van der Waals surface area contributed by atoms with Gasteiger partial charge in [-0.25, -0.2) is 4.98 Å². The van der Waals surface area contributed by atoms with Crippen molar-refractivity contribution in [1.29, 1.82) is 0 Å². The minimum Gasteiger partial charge on any atom is -0.352 e. The average molecular weight is 330 g/mol. The maximum Gasteiger partial charge on any atom is 0.254 e. The highest BCUT2D eigenvalue weighted by molar-refractivity contribution is 9.10. The number of rotatable bonds is 4. The minimum atomic E-state index is -0.174. The maximum absolute atomic E-state index is 11.9. The predicted octanol–water partition coefficient (Wildman–Crippen LogP) is 3.73. The van der Waals surface area contributed by atoms with Gasteiger partial charge in [0.25, 0.3) is 5.91 Å².